The minimum atomic E-state index is -0.538. The van der Waals surface area contributed by atoms with Crippen molar-refractivity contribution in [3.63, 3.8) is 0 Å². The number of likely N-dealkylation sites (tertiary alicyclic amines) is 1. The standard InChI is InChI=1S/C18H26N4O3S/c1-4-13-8-12(6-7-20-13)17(24)21-14-9-15(18(25)19-5-2)22(10-14)16(23)11-26-3/h6-8,14-15H,4-5,9-11H2,1-3H3,(H,19,25)(H,21,24)/t14-,15+/m1/s1. The number of carbonyl (C=O) groups excluding carboxylic acids is 3. The summed E-state index contributed by atoms with van der Waals surface area (Å²) in [6, 6.07) is 2.64. The molecule has 0 aromatic carbocycles. The smallest absolute Gasteiger partial charge is 0.251 e. The van der Waals surface area contributed by atoms with E-state index in [2.05, 4.69) is 15.6 Å². The number of amides is 3. The molecular formula is C18H26N4O3S. The third kappa shape index (κ3) is 4.97. The van der Waals surface area contributed by atoms with Crippen molar-refractivity contribution in [2.75, 3.05) is 25.1 Å². The number of aromatic nitrogens is 1. The maximum Gasteiger partial charge on any atom is 0.251 e. The van der Waals surface area contributed by atoms with Crippen LogP contribution in [0.2, 0.25) is 0 Å². The molecule has 3 amide bonds. The van der Waals surface area contributed by atoms with Crippen LogP contribution in [0.3, 0.4) is 0 Å². The largest absolute Gasteiger partial charge is 0.355 e. The molecular weight excluding hydrogens is 352 g/mol. The molecule has 1 fully saturated rings. The Labute approximate surface area is 158 Å². The summed E-state index contributed by atoms with van der Waals surface area (Å²) in [5, 5.41) is 5.73. The van der Waals surface area contributed by atoms with E-state index < -0.39 is 6.04 Å². The summed E-state index contributed by atoms with van der Waals surface area (Å²) in [5.41, 5.74) is 1.39. The zero-order valence-corrected chi connectivity index (χ0v) is 16.3. The van der Waals surface area contributed by atoms with Crippen molar-refractivity contribution in [2.24, 2.45) is 0 Å². The molecule has 1 aromatic rings. The van der Waals surface area contributed by atoms with Gasteiger partial charge in [-0.3, -0.25) is 19.4 Å². The van der Waals surface area contributed by atoms with Crippen LogP contribution in [0.25, 0.3) is 0 Å². The zero-order valence-electron chi connectivity index (χ0n) is 15.4. The van der Waals surface area contributed by atoms with Crippen LogP contribution in [-0.4, -0.2) is 64.8 Å². The van der Waals surface area contributed by atoms with Crippen LogP contribution < -0.4 is 10.6 Å². The average molecular weight is 378 g/mol. The number of thioether (sulfide) groups is 1. The fraction of sp³-hybridized carbons (Fsp3) is 0.556. The lowest BCUT2D eigenvalue weighted by atomic mass is 10.1. The Kier molecular flexibility index (Phi) is 7.44. The van der Waals surface area contributed by atoms with Crippen LogP contribution in [0.5, 0.6) is 0 Å². The van der Waals surface area contributed by atoms with Crippen LogP contribution >= 0.6 is 11.8 Å². The van der Waals surface area contributed by atoms with Gasteiger partial charge in [0, 0.05) is 36.6 Å². The van der Waals surface area contributed by atoms with Gasteiger partial charge in [-0.2, -0.15) is 11.8 Å². The van der Waals surface area contributed by atoms with E-state index in [1.165, 1.54) is 11.8 Å². The quantitative estimate of drug-likeness (QED) is 0.734. The van der Waals surface area contributed by atoms with E-state index >= 15 is 0 Å². The van der Waals surface area contributed by atoms with Crippen molar-refractivity contribution in [1.29, 1.82) is 0 Å². The van der Waals surface area contributed by atoms with E-state index in [0.717, 1.165) is 12.1 Å². The topological polar surface area (TPSA) is 91.4 Å². The number of likely N-dealkylation sites (N-methyl/N-ethyl adjacent to an activating group) is 1. The number of hydrogen-bond donors (Lipinski definition) is 2. The molecule has 7 nitrogen and oxygen atoms in total. The second kappa shape index (κ2) is 9.56. The maximum absolute atomic E-state index is 12.5. The molecule has 8 heteroatoms. The third-order valence-corrected chi connectivity index (χ3v) is 4.85. The first-order chi connectivity index (χ1) is 12.5. The summed E-state index contributed by atoms with van der Waals surface area (Å²) in [6.45, 7) is 4.68. The zero-order chi connectivity index (χ0) is 19.1. The molecule has 1 aromatic heterocycles. The molecule has 1 aliphatic heterocycles. The lowest BCUT2D eigenvalue weighted by Crippen LogP contribution is -2.46. The normalized spacial score (nSPS) is 19.3. The first kappa shape index (κ1) is 20.2. The van der Waals surface area contributed by atoms with Crippen molar-refractivity contribution in [2.45, 2.75) is 38.8 Å². The van der Waals surface area contributed by atoms with E-state index in [4.69, 9.17) is 0 Å². The Morgan fingerprint density at radius 3 is 2.77 bits per heavy atom. The Morgan fingerprint density at radius 2 is 2.12 bits per heavy atom. The van der Waals surface area contributed by atoms with Gasteiger partial charge in [-0.25, -0.2) is 0 Å². The minimum absolute atomic E-state index is 0.0808. The molecule has 0 saturated carbocycles. The van der Waals surface area contributed by atoms with E-state index in [9.17, 15) is 14.4 Å². The summed E-state index contributed by atoms with van der Waals surface area (Å²) >= 11 is 1.42. The highest BCUT2D eigenvalue weighted by Gasteiger charge is 2.39. The molecule has 0 spiro atoms. The van der Waals surface area contributed by atoms with Gasteiger partial charge in [0.05, 0.1) is 5.75 Å². The monoisotopic (exact) mass is 378 g/mol. The molecule has 142 valence electrons. The summed E-state index contributed by atoms with van der Waals surface area (Å²) in [4.78, 5) is 43.0. The predicted molar refractivity (Wildman–Crippen MR) is 102 cm³/mol. The van der Waals surface area contributed by atoms with Crippen molar-refractivity contribution in [3.05, 3.63) is 29.6 Å². The highest BCUT2D eigenvalue weighted by molar-refractivity contribution is 7.99. The highest BCUT2D eigenvalue weighted by atomic mass is 32.2. The number of rotatable bonds is 7. The van der Waals surface area contributed by atoms with Crippen molar-refractivity contribution < 1.29 is 14.4 Å². The first-order valence-corrected chi connectivity index (χ1v) is 10.2. The highest BCUT2D eigenvalue weighted by Crippen LogP contribution is 2.20. The second-order valence-corrected chi connectivity index (χ2v) is 7.05. The second-order valence-electron chi connectivity index (χ2n) is 6.18. The molecule has 1 aliphatic rings. The Bertz CT molecular complexity index is 642. The lowest BCUT2D eigenvalue weighted by molar-refractivity contribution is -0.136. The van der Waals surface area contributed by atoms with E-state index in [-0.39, 0.29) is 23.8 Å². The Morgan fingerprint density at radius 1 is 1.35 bits per heavy atom. The van der Waals surface area contributed by atoms with Gasteiger partial charge < -0.3 is 15.5 Å². The molecule has 26 heavy (non-hydrogen) atoms. The Hall–Kier alpha value is -2.09. The van der Waals surface area contributed by atoms with Crippen molar-refractivity contribution in [3.8, 4) is 0 Å². The van der Waals surface area contributed by atoms with E-state index in [1.807, 2.05) is 20.1 Å². The molecule has 2 N–H and O–H groups in total. The van der Waals surface area contributed by atoms with Gasteiger partial charge in [-0.15, -0.1) is 0 Å². The van der Waals surface area contributed by atoms with E-state index in [1.54, 1.807) is 23.2 Å². The third-order valence-electron chi connectivity index (χ3n) is 4.32. The van der Waals surface area contributed by atoms with Crippen molar-refractivity contribution in [1.82, 2.24) is 20.5 Å². The number of carbonyl (C=O) groups is 3. The number of aryl methyl sites for hydroxylation is 1. The fourth-order valence-corrected chi connectivity index (χ4v) is 3.46. The summed E-state index contributed by atoms with van der Waals surface area (Å²) in [6.07, 6.45) is 4.64. The molecule has 2 atom stereocenters. The number of nitrogens with zero attached hydrogens (tertiary/aromatic N) is 2. The number of hydrogen-bond acceptors (Lipinski definition) is 5. The van der Waals surface area contributed by atoms with Crippen LogP contribution in [0.4, 0.5) is 0 Å². The van der Waals surface area contributed by atoms with Crippen LogP contribution in [0.1, 0.15) is 36.3 Å². The van der Waals surface area contributed by atoms with Gasteiger partial charge in [0.2, 0.25) is 11.8 Å². The van der Waals surface area contributed by atoms with Gasteiger partial charge in [0.1, 0.15) is 6.04 Å². The van der Waals surface area contributed by atoms with Gasteiger partial charge in [0.25, 0.3) is 5.91 Å². The van der Waals surface area contributed by atoms with Crippen LogP contribution in [0.15, 0.2) is 18.3 Å². The SMILES string of the molecule is CCNC(=O)[C@@H]1C[C@@H](NC(=O)c2ccnc(CC)c2)CN1C(=O)CSC. The van der Waals surface area contributed by atoms with Crippen LogP contribution in [0, 0.1) is 0 Å². The fourth-order valence-electron chi connectivity index (χ4n) is 3.04. The average Bonchev–Trinajstić information content (AvgIpc) is 3.06. The van der Waals surface area contributed by atoms with Gasteiger partial charge >= 0.3 is 0 Å². The summed E-state index contributed by atoms with van der Waals surface area (Å²) in [7, 11) is 0. The van der Waals surface area contributed by atoms with Gasteiger partial charge in [-0.1, -0.05) is 6.92 Å². The molecule has 0 bridgehead atoms. The van der Waals surface area contributed by atoms with Crippen LogP contribution in [-0.2, 0) is 16.0 Å². The molecule has 1 saturated heterocycles. The van der Waals surface area contributed by atoms with Crippen molar-refractivity contribution >= 4 is 29.5 Å². The minimum Gasteiger partial charge on any atom is -0.355 e. The Balaban J connectivity index is 2.08. The predicted octanol–water partition coefficient (Wildman–Crippen LogP) is 0.842. The number of pyridine rings is 1. The number of nitrogens with one attached hydrogen (secondary N) is 2. The van der Waals surface area contributed by atoms with E-state index in [0.29, 0.717) is 30.8 Å². The summed E-state index contributed by atoms with van der Waals surface area (Å²) < 4.78 is 0. The molecule has 0 unspecified atom stereocenters. The molecule has 2 heterocycles. The summed E-state index contributed by atoms with van der Waals surface area (Å²) in [5.74, 6) is -0.139. The van der Waals surface area contributed by atoms with Gasteiger partial charge in [-0.05, 0) is 38.2 Å². The van der Waals surface area contributed by atoms with Gasteiger partial charge in [0.15, 0.2) is 0 Å². The maximum atomic E-state index is 12.5. The molecule has 0 radical (unpaired) electrons. The molecule has 2 rings (SSSR count). The lowest BCUT2D eigenvalue weighted by Gasteiger charge is -2.23. The first-order valence-electron chi connectivity index (χ1n) is 8.82. The molecule has 0 aliphatic carbocycles.